The molecule has 1 aromatic heterocycles. The summed E-state index contributed by atoms with van der Waals surface area (Å²) in [6.45, 7) is 3.28. The van der Waals surface area contributed by atoms with E-state index in [9.17, 15) is 4.79 Å². The van der Waals surface area contributed by atoms with Crippen LogP contribution in [-0.4, -0.2) is 39.8 Å². The second-order valence-corrected chi connectivity index (χ2v) is 7.73. The molecule has 122 valence electrons. The summed E-state index contributed by atoms with van der Waals surface area (Å²) in [7, 11) is 0. The highest BCUT2D eigenvalue weighted by molar-refractivity contribution is 8.02. The van der Waals surface area contributed by atoms with Gasteiger partial charge in [-0.3, -0.25) is 4.79 Å². The standard InChI is InChI=1S/C16H19N3O2S2/c1-11(15(20)17-10-13-8-5-9-21-13)22-16-18-14(19-23-16)12-6-3-2-4-7-12/h2-4,6-7,11,13H,5,8-10H2,1H3,(H,17,20)/t11-,13+/m1/s1. The van der Waals surface area contributed by atoms with Crippen LogP contribution in [0, 0.1) is 0 Å². The summed E-state index contributed by atoms with van der Waals surface area (Å²) in [5, 5.41) is 2.75. The van der Waals surface area contributed by atoms with E-state index in [0.29, 0.717) is 12.4 Å². The first-order chi connectivity index (χ1) is 11.2. The Morgan fingerprint density at radius 2 is 2.30 bits per heavy atom. The molecule has 0 saturated carbocycles. The minimum Gasteiger partial charge on any atom is -0.376 e. The lowest BCUT2D eigenvalue weighted by Gasteiger charge is -2.13. The van der Waals surface area contributed by atoms with Gasteiger partial charge < -0.3 is 10.1 Å². The molecule has 1 saturated heterocycles. The molecule has 0 spiro atoms. The van der Waals surface area contributed by atoms with Gasteiger partial charge in [-0.15, -0.1) is 0 Å². The van der Waals surface area contributed by atoms with Crippen molar-refractivity contribution in [3.8, 4) is 11.4 Å². The fourth-order valence-corrected chi connectivity index (χ4v) is 4.12. The van der Waals surface area contributed by atoms with Gasteiger partial charge in [0.15, 0.2) is 10.2 Å². The van der Waals surface area contributed by atoms with Crippen LogP contribution in [0.5, 0.6) is 0 Å². The molecule has 1 aliphatic heterocycles. The van der Waals surface area contributed by atoms with E-state index in [1.54, 1.807) is 0 Å². The number of nitrogens with zero attached hydrogens (tertiary/aromatic N) is 2. The lowest BCUT2D eigenvalue weighted by Crippen LogP contribution is -2.36. The van der Waals surface area contributed by atoms with Crippen LogP contribution in [0.4, 0.5) is 0 Å². The molecule has 2 heterocycles. The number of ether oxygens (including phenoxy) is 1. The third-order valence-corrected chi connectivity index (χ3v) is 5.50. The quantitative estimate of drug-likeness (QED) is 0.812. The monoisotopic (exact) mass is 349 g/mol. The first-order valence-corrected chi connectivity index (χ1v) is 9.33. The molecule has 1 fully saturated rings. The molecule has 5 nitrogen and oxygen atoms in total. The number of hydrogen-bond acceptors (Lipinski definition) is 6. The molecular formula is C16H19N3O2S2. The largest absolute Gasteiger partial charge is 0.376 e. The SMILES string of the molecule is C[C@@H](Sc1nc(-c2ccccc2)ns1)C(=O)NC[C@@H]1CCCO1. The van der Waals surface area contributed by atoms with Crippen molar-refractivity contribution >= 4 is 29.2 Å². The first kappa shape index (κ1) is 16.4. The van der Waals surface area contributed by atoms with Crippen LogP contribution >= 0.6 is 23.3 Å². The zero-order valence-electron chi connectivity index (χ0n) is 12.9. The van der Waals surface area contributed by atoms with Gasteiger partial charge in [0, 0.05) is 18.7 Å². The van der Waals surface area contributed by atoms with Gasteiger partial charge in [0.25, 0.3) is 0 Å². The Morgan fingerprint density at radius 1 is 1.48 bits per heavy atom. The maximum absolute atomic E-state index is 12.1. The highest BCUT2D eigenvalue weighted by Crippen LogP contribution is 2.28. The molecule has 1 aromatic carbocycles. The molecule has 3 rings (SSSR count). The van der Waals surface area contributed by atoms with E-state index in [4.69, 9.17) is 4.74 Å². The Bertz CT molecular complexity index is 642. The van der Waals surface area contributed by atoms with Crippen molar-refractivity contribution in [1.82, 2.24) is 14.7 Å². The van der Waals surface area contributed by atoms with Crippen LogP contribution in [0.3, 0.4) is 0 Å². The summed E-state index contributed by atoms with van der Waals surface area (Å²) in [4.78, 5) is 16.7. The molecule has 23 heavy (non-hydrogen) atoms. The molecule has 0 bridgehead atoms. The molecule has 1 N–H and O–H groups in total. The number of carbonyl (C=O) groups excluding carboxylic acids is 1. The van der Waals surface area contributed by atoms with Gasteiger partial charge in [0.05, 0.1) is 11.4 Å². The average Bonchev–Trinajstić information content (AvgIpc) is 3.25. The first-order valence-electron chi connectivity index (χ1n) is 7.67. The highest BCUT2D eigenvalue weighted by atomic mass is 32.2. The number of rotatable bonds is 6. The van der Waals surface area contributed by atoms with E-state index < -0.39 is 0 Å². The van der Waals surface area contributed by atoms with Gasteiger partial charge >= 0.3 is 0 Å². The summed E-state index contributed by atoms with van der Waals surface area (Å²) < 4.78 is 10.7. The third kappa shape index (κ3) is 4.53. The van der Waals surface area contributed by atoms with Crippen molar-refractivity contribution in [2.24, 2.45) is 0 Å². The van der Waals surface area contributed by atoms with E-state index in [-0.39, 0.29) is 17.3 Å². The lowest BCUT2D eigenvalue weighted by atomic mass is 10.2. The van der Waals surface area contributed by atoms with Crippen LogP contribution < -0.4 is 5.32 Å². The smallest absolute Gasteiger partial charge is 0.233 e. The van der Waals surface area contributed by atoms with Crippen molar-refractivity contribution in [2.75, 3.05) is 13.2 Å². The summed E-state index contributed by atoms with van der Waals surface area (Å²) in [6.07, 6.45) is 2.28. The fourth-order valence-electron chi connectivity index (χ4n) is 2.33. The molecule has 0 radical (unpaired) electrons. The minimum absolute atomic E-state index is 0.0157. The van der Waals surface area contributed by atoms with Gasteiger partial charge in [0.2, 0.25) is 5.91 Å². The van der Waals surface area contributed by atoms with Crippen molar-refractivity contribution < 1.29 is 9.53 Å². The molecule has 0 aliphatic carbocycles. The summed E-state index contributed by atoms with van der Waals surface area (Å²) in [5.74, 6) is 0.729. The number of benzene rings is 1. The second-order valence-electron chi connectivity index (χ2n) is 5.39. The fraction of sp³-hybridized carbons (Fsp3) is 0.438. The average molecular weight is 349 g/mol. The van der Waals surface area contributed by atoms with Gasteiger partial charge in [-0.1, -0.05) is 42.1 Å². The Labute approximate surface area is 144 Å². The number of amides is 1. The highest BCUT2D eigenvalue weighted by Gasteiger charge is 2.20. The molecule has 2 aromatic rings. The van der Waals surface area contributed by atoms with E-state index in [1.807, 2.05) is 37.3 Å². The summed E-state index contributed by atoms with van der Waals surface area (Å²) >= 11 is 2.77. The maximum Gasteiger partial charge on any atom is 0.233 e. The van der Waals surface area contributed by atoms with Crippen molar-refractivity contribution in [2.45, 2.75) is 35.5 Å². The van der Waals surface area contributed by atoms with Gasteiger partial charge in [-0.25, -0.2) is 4.98 Å². The second kappa shape index (κ2) is 7.90. The predicted octanol–water partition coefficient (Wildman–Crippen LogP) is 2.98. The van der Waals surface area contributed by atoms with E-state index >= 15 is 0 Å². The van der Waals surface area contributed by atoms with Gasteiger partial charge in [-0.2, -0.15) is 4.37 Å². The van der Waals surface area contributed by atoms with Crippen LogP contribution in [0.1, 0.15) is 19.8 Å². The molecule has 7 heteroatoms. The summed E-state index contributed by atoms with van der Waals surface area (Å²) in [5.41, 5.74) is 0.992. The Hall–Kier alpha value is -1.44. The van der Waals surface area contributed by atoms with Crippen LogP contribution in [0.25, 0.3) is 11.4 Å². The lowest BCUT2D eigenvalue weighted by molar-refractivity contribution is -0.120. The van der Waals surface area contributed by atoms with E-state index in [2.05, 4.69) is 14.7 Å². The van der Waals surface area contributed by atoms with Gasteiger partial charge in [0.1, 0.15) is 0 Å². The molecule has 2 atom stereocenters. The predicted molar refractivity (Wildman–Crippen MR) is 92.6 cm³/mol. The Balaban J connectivity index is 1.52. The Morgan fingerprint density at radius 3 is 3.04 bits per heavy atom. The summed E-state index contributed by atoms with van der Waals surface area (Å²) in [6, 6.07) is 9.85. The van der Waals surface area contributed by atoms with Gasteiger partial charge in [-0.05, 0) is 31.3 Å². The molecule has 1 aliphatic rings. The topological polar surface area (TPSA) is 64.1 Å². The zero-order valence-corrected chi connectivity index (χ0v) is 14.5. The molecule has 1 amide bonds. The number of aromatic nitrogens is 2. The number of carbonyl (C=O) groups is 1. The van der Waals surface area contributed by atoms with E-state index in [0.717, 1.165) is 29.4 Å². The maximum atomic E-state index is 12.1. The zero-order chi connectivity index (χ0) is 16.1. The van der Waals surface area contributed by atoms with Crippen LogP contribution in [0.2, 0.25) is 0 Å². The van der Waals surface area contributed by atoms with Crippen LogP contribution in [0.15, 0.2) is 34.7 Å². The van der Waals surface area contributed by atoms with Crippen molar-refractivity contribution in [3.05, 3.63) is 30.3 Å². The van der Waals surface area contributed by atoms with Crippen molar-refractivity contribution in [3.63, 3.8) is 0 Å². The van der Waals surface area contributed by atoms with Crippen molar-refractivity contribution in [1.29, 1.82) is 0 Å². The van der Waals surface area contributed by atoms with Crippen LogP contribution in [-0.2, 0) is 9.53 Å². The van der Waals surface area contributed by atoms with E-state index in [1.165, 1.54) is 23.3 Å². The molecular weight excluding hydrogens is 330 g/mol. The minimum atomic E-state index is -0.201. The Kier molecular flexibility index (Phi) is 5.64. The molecule has 0 unspecified atom stereocenters. The number of nitrogens with one attached hydrogen (secondary N) is 1. The number of thioether (sulfide) groups is 1. The normalized spacial score (nSPS) is 18.7. The number of hydrogen-bond donors (Lipinski definition) is 1. The third-order valence-electron chi connectivity index (χ3n) is 3.61.